The number of amides is 1. The zero-order valence-electron chi connectivity index (χ0n) is 11.4. The molecule has 1 amide bonds. The average molecular weight is 262 g/mol. The zero-order valence-corrected chi connectivity index (χ0v) is 11.4. The monoisotopic (exact) mass is 262 g/mol. The minimum absolute atomic E-state index is 0.0794. The summed E-state index contributed by atoms with van der Waals surface area (Å²) in [5, 5.41) is 3.54. The summed E-state index contributed by atoms with van der Waals surface area (Å²) in [6, 6.07) is 8.23. The molecule has 1 aliphatic carbocycles. The van der Waals surface area contributed by atoms with E-state index in [9.17, 15) is 4.79 Å². The Bertz CT molecular complexity index is 434. The van der Waals surface area contributed by atoms with Crippen LogP contribution in [-0.2, 0) is 4.79 Å². The van der Waals surface area contributed by atoms with Gasteiger partial charge >= 0.3 is 0 Å². The quantitative estimate of drug-likeness (QED) is 0.857. The molecule has 0 spiro atoms. The molecule has 0 bridgehead atoms. The SMILES string of the molecule is CC1CCCC(Nc2cccc(OCC(N)=O)c2)C1. The van der Waals surface area contributed by atoms with Gasteiger partial charge in [0.05, 0.1) is 0 Å². The van der Waals surface area contributed by atoms with E-state index in [1.165, 1.54) is 25.7 Å². The normalized spacial score (nSPS) is 22.8. The molecule has 2 unspecified atom stereocenters. The van der Waals surface area contributed by atoms with E-state index in [0.29, 0.717) is 11.8 Å². The van der Waals surface area contributed by atoms with E-state index in [1.807, 2.05) is 24.3 Å². The molecule has 2 rings (SSSR count). The number of rotatable bonds is 5. The lowest BCUT2D eigenvalue weighted by atomic mass is 9.87. The standard InChI is InChI=1S/C15H22N2O2/c1-11-4-2-5-12(8-11)17-13-6-3-7-14(9-13)19-10-15(16)18/h3,6-7,9,11-12,17H,2,4-5,8,10H2,1H3,(H2,16,18). The number of carbonyl (C=O) groups is 1. The number of ether oxygens (including phenoxy) is 1. The van der Waals surface area contributed by atoms with Crippen LogP contribution in [0, 0.1) is 5.92 Å². The molecule has 4 heteroatoms. The van der Waals surface area contributed by atoms with E-state index in [0.717, 1.165) is 11.6 Å². The van der Waals surface area contributed by atoms with Crippen LogP contribution < -0.4 is 15.8 Å². The van der Waals surface area contributed by atoms with Crippen molar-refractivity contribution in [2.24, 2.45) is 11.7 Å². The third-order valence-electron chi connectivity index (χ3n) is 3.52. The summed E-state index contributed by atoms with van der Waals surface area (Å²) < 4.78 is 5.30. The smallest absolute Gasteiger partial charge is 0.255 e. The summed E-state index contributed by atoms with van der Waals surface area (Å²) in [7, 11) is 0. The molecule has 104 valence electrons. The van der Waals surface area contributed by atoms with Crippen LogP contribution in [0.4, 0.5) is 5.69 Å². The van der Waals surface area contributed by atoms with E-state index in [4.69, 9.17) is 10.5 Å². The van der Waals surface area contributed by atoms with Crippen molar-refractivity contribution in [2.45, 2.75) is 38.6 Å². The molecule has 1 aromatic rings. The molecule has 0 saturated heterocycles. The first-order valence-corrected chi connectivity index (χ1v) is 6.91. The van der Waals surface area contributed by atoms with Crippen LogP contribution in [0.15, 0.2) is 24.3 Å². The van der Waals surface area contributed by atoms with E-state index in [-0.39, 0.29) is 6.61 Å². The molecule has 0 radical (unpaired) electrons. The molecule has 19 heavy (non-hydrogen) atoms. The van der Waals surface area contributed by atoms with Gasteiger partial charge in [0.2, 0.25) is 0 Å². The Hall–Kier alpha value is -1.71. The molecular weight excluding hydrogens is 240 g/mol. The second kappa shape index (κ2) is 6.45. The Morgan fingerprint density at radius 3 is 3.05 bits per heavy atom. The fraction of sp³-hybridized carbons (Fsp3) is 0.533. The number of nitrogens with two attached hydrogens (primary N) is 1. The van der Waals surface area contributed by atoms with E-state index in [2.05, 4.69) is 12.2 Å². The van der Waals surface area contributed by atoms with Gasteiger partial charge in [-0.3, -0.25) is 4.79 Å². The van der Waals surface area contributed by atoms with Gasteiger partial charge in [0, 0.05) is 17.8 Å². The first-order chi connectivity index (χ1) is 9.13. The van der Waals surface area contributed by atoms with Crippen LogP contribution in [-0.4, -0.2) is 18.6 Å². The molecule has 0 aromatic heterocycles. The van der Waals surface area contributed by atoms with E-state index in [1.54, 1.807) is 0 Å². The molecule has 1 aromatic carbocycles. The van der Waals surface area contributed by atoms with Crippen LogP contribution in [0.5, 0.6) is 5.75 Å². The van der Waals surface area contributed by atoms with Crippen molar-refractivity contribution in [3.05, 3.63) is 24.3 Å². The van der Waals surface area contributed by atoms with Crippen molar-refractivity contribution in [3.8, 4) is 5.75 Å². The van der Waals surface area contributed by atoms with Gasteiger partial charge in [-0.25, -0.2) is 0 Å². The second-order valence-corrected chi connectivity index (χ2v) is 5.40. The third kappa shape index (κ3) is 4.47. The summed E-state index contributed by atoms with van der Waals surface area (Å²) >= 11 is 0. The zero-order chi connectivity index (χ0) is 13.7. The van der Waals surface area contributed by atoms with Crippen LogP contribution in [0.1, 0.15) is 32.6 Å². The van der Waals surface area contributed by atoms with Crippen molar-refractivity contribution >= 4 is 11.6 Å². The van der Waals surface area contributed by atoms with Crippen LogP contribution in [0.25, 0.3) is 0 Å². The third-order valence-corrected chi connectivity index (χ3v) is 3.52. The van der Waals surface area contributed by atoms with Gasteiger partial charge in [0.25, 0.3) is 5.91 Å². The highest BCUT2D eigenvalue weighted by molar-refractivity contribution is 5.75. The molecule has 3 N–H and O–H groups in total. The predicted octanol–water partition coefficient (Wildman–Crippen LogP) is 2.54. The Labute approximate surface area is 114 Å². The summed E-state index contributed by atoms with van der Waals surface area (Å²) in [4.78, 5) is 10.7. The fourth-order valence-corrected chi connectivity index (χ4v) is 2.63. The highest BCUT2D eigenvalue weighted by atomic mass is 16.5. The summed E-state index contributed by atoms with van der Waals surface area (Å²) in [5.74, 6) is 1.01. The van der Waals surface area contributed by atoms with Crippen molar-refractivity contribution in [2.75, 3.05) is 11.9 Å². The minimum Gasteiger partial charge on any atom is -0.484 e. The number of hydrogen-bond donors (Lipinski definition) is 2. The Morgan fingerprint density at radius 2 is 2.32 bits per heavy atom. The Morgan fingerprint density at radius 1 is 1.47 bits per heavy atom. The fourth-order valence-electron chi connectivity index (χ4n) is 2.63. The van der Waals surface area contributed by atoms with Crippen LogP contribution >= 0.6 is 0 Å². The lowest BCUT2D eigenvalue weighted by molar-refractivity contribution is -0.119. The molecular formula is C15H22N2O2. The summed E-state index contributed by atoms with van der Waals surface area (Å²) in [5.41, 5.74) is 6.11. The predicted molar refractivity (Wildman–Crippen MR) is 76.2 cm³/mol. The number of benzene rings is 1. The Balaban J connectivity index is 1.92. The maximum Gasteiger partial charge on any atom is 0.255 e. The average Bonchev–Trinajstić information content (AvgIpc) is 2.37. The number of anilines is 1. The molecule has 0 heterocycles. The lowest BCUT2D eigenvalue weighted by Gasteiger charge is -2.28. The number of nitrogens with one attached hydrogen (secondary N) is 1. The summed E-state index contributed by atoms with van der Waals surface area (Å²) in [6.45, 7) is 2.23. The van der Waals surface area contributed by atoms with Gasteiger partial charge < -0.3 is 15.8 Å². The minimum atomic E-state index is -0.459. The van der Waals surface area contributed by atoms with Crippen LogP contribution in [0.2, 0.25) is 0 Å². The van der Waals surface area contributed by atoms with Crippen molar-refractivity contribution in [3.63, 3.8) is 0 Å². The van der Waals surface area contributed by atoms with Crippen molar-refractivity contribution in [1.29, 1.82) is 0 Å². The topological polar surface area (TPSA) is 64.3 Å². The molecule has 1 saturated carbocycles. The number of hydrogen-bond acceptors (Lipinski definition) is 3. The molecule has 1 fully saturated rings. The first kappa shape index (κ1) is 13.7. The van der Waals surface area contributed by atoms with Gasteiger partial charge in [-0.05, 0) is 30.9 Å². The molecule has 0 aliphatic heterocycles. The van der Waals surface area contributed by atoms with Crippen molar-refractivity contribution < 1.29 is 9.53 Å². The van der Waals surface area contributed by atoms with Gasteiger partial charge in [0.1, 0.15) is 5.75 Å². The van der Waals surface area contributed by atoms with Gasteiger partial charge in [-0.2, -0.15) is 0 Å². The number of carbonyl (C=O) groups excluding carboxylic acids is 1. The highest BCUT2D eigenvalue weighted by Gasteiger charge is 2.18. The van der Waals surface area contributed by atoms with Crippen LogP contribution in [0.3, 0.4) is 0 Å². The molecule has 1 aliphatic rings. The maximum absolute atomic E-state index is 10.7. The lowest BCUT2D eigenvalue weighted by Crippen LogP contribution is -2.26. The number of primary amides is 1. The maximum atomic E-state index is 10.7. The molecule has 2 atom stereocenters. The van der Waals surface area contributed by atoms with E-state index >= 15 is 0 Å². The highest BCUT2D eigenvalue weighted by Crippen LogP contribution is 2.27. The van der Waals surface area contributed by atoms with Gasteiger partial charge in [-0.15, -0.1) is 0 Å². The first-order valence-electron chi connectivity index (χ1n) is 6.91. The largest absolute Gasteiger partial charge is 0.484 e. The Kier molecular flexibility index (Phi) is 4.66. The van der Waals surface area contributed by atoms with Gasteiger partial charge in [0.15, 0.2) is 6.61 Å². The summed E-state index contributed by atoms with van der Waals surface area (Å²) in [6.07, 6.45) is 5.06. The molecule has 4 nitrogen and oxygen atoms in total. The van der Waals surface area contributed by atoms with E-state index < -0.39 is 5.91 Å². The van der Waals surface area contributed by atoms with Gasteiger partial charge in [-0.1, -0.05) is 25.8 Å². The van der Waals surface area contributed by atoms with Crippen molar-refractivity contribution in [1.82, 2.24) is 0 Å². The second-order valence-electron chi connectivity index (χ2n) is 5.40.